The Morgan fingerprint density at radius 2 is 2.21 bits per heavy atom. The molecule has 2 atom stereocenters. The van der Waals surface area contributed by atoms with Gasteiger partial charge in [0.25, 0.3) is 0 Å². The zero-order chi connectivity index (χ0) is 19.9. The number of likely N-dealkylation sites (tertiary alicyclic amines) is 1. The fraction of sp³-hybridized carbons (Fsp3) is 0.571. The molecule has 0 bridgehead atoms. The predicted octanol–water partition coefficient (Wildman–Crippen LogP) is 3.44. The van der Waals surface area contributed by atoms with Crippen LogP contribution in [0.4, 0.5) is 9.18 Å². The number of amides is 2. The quantitative estimate of drug-likeness (QED) is 0.704. The van der Waals surface area contributed by atoms with Gasteiger partial charge >= 0.3 is 6.03 Å². The number of rotatable bonds is 7. The van der Waals surface area contributed by atoms with E-state index >= 15 is 0 Å². The lowest BCUT2D eigenvalue weighted by Gasteiger charge is -2.30. The van der Waals surface area contributed by atoms with Crippen molar-refractivity contribution in [2.45, 2.75) is 37.8 Å². The molecule has 1 aromatic rings. The number of nitrogens with one attached hydrogen (secondary N) is 1. The van der Waals surface area contributed by atoms with Crippen LogP contribution in [0.25, 0.3) is 0 Å². The molecular weight excluding hydrogens is 381 g/mol. The van der Waals surface area contributed by atoms with Crippen molar-refractivity contribution >= 4 is 17.6 Å². The van der Waals surface area contributed by atoms with Crippen molar-refractivity contribution in [1.82, 2.24) is 15.1 Å². The molecule has 0 radical (unpaired) electrons. The van der Waals surface area contributed by atoms with E-state index < -0.39 is 0 Å². The molecule has 5 nitrogen and oxygen atoms in total. The molecule has 0 aromatic heterocycles. The molecule has 2 aliphatic rings. The van der Waals surface area contributed by atoms with E-state index in [1.807, 2.05) is 0 Å². The number of hydrogen-bond donors (Lipinski definition) is 1. The lowest BCUT2D eigenvalue weighted by molar-refractivity contribution is 0.0841. The average molecular weight is 408 g/mol. The van der Waals surface area contributed by atoms with Gasteiger partial charge in [-0.1, -0.05) is 23.6 Å². The van der Waals surface area contributed by atoms with Crippen LogP contribution >= 0.6 is 11.6 Å². The molecule has 2 aliphatic heterocycles. The molecule has 2 heterocycles. The van der Waals surface area contributed by atoms with Crippen molar-refractivity contribution in [1.29, 1.82) is 0 Å². The molecule has 7 heteroatoms. The number of urea groups is 1. The van der Waals surface area contributed by atoms with Gasteiger partial charge < -0.3 is 15.0 Å². The van der Waals surface area contributed by atoms with E-state index in [1.165, 1.54) is 6.07 Å². The van der Waals surface area contributed by atoms with Gasteiger partial charge in [-0.25, -0.2) is 9.18 Å². The summed E-state index contributed by atoms with van der Waals surface area (Å²) in [5.74, 6) is 2.18. The molecule has 3 rings (SSSR count). The zero-order valence-electron chi connectivity index (χ0n) is 16.0. The standard InChI is InChI=1S/C21H27ClFN3O2/c1-2-10-26(15-16-7-6-13-28-16)21(27)24-14-19(25-11-3-4-12-25)20-17(22)8-5-9-18(20)23/h1,5,8-9,16,19H,3-4,6-7,10-15H2,(H,24,27)/t16-,19+/m1/s1. The molecule has 0 unspecified atom stereocenters. The Morgan fingerprint density at radius 1 is 1.43 bits per heavy atom. The van der Waals surface area contributed by atoms with E-state index in [-0.39, 0.29) is 37.1 Å². The second-order valence-corrected chi connectivity index (χ2v) is 7.71. The van der Waals surface area contributed by atoms with E-state index in [9.17, 15) is 9.18 Å². The van der Waals surface area contributed by atoms with Gasteiger partial charge in [-0.15, -0.1) is 6.42 Å². The van der Waals surface area contributed by atoms with Gasteiger partial charge in [-0.3, -0.25) is 4.90 Å². The minimum Gasteiger partial charge on any atom is -0.376 e. The number of halogens is 2. The number of carbonyl (C=O) groups is 1. The molecule has 1 N–H and O–H groups in total. The van der Waals surface area contributed by atoms with E-state index in [1.54, 1.807) is 17.0 Å². The van der Waals surface area contributed by atoms with Crippen molar-refractivity contribution < 1.29 is 13.9 Å². The fourth-order valence-electron chi connectivity index (χ4n) is 3.96. The molecule has 0 aliphatic carbocycles. The predicted molar refractivity (Wildman–Crippen MR) is 108 cm³/mol. The third-order valence-electron chi connectivity index (χ3n) is 5.38. The summed E-state index contributed by atoms with van der Waals surface area (Å²) in [6.45, 7) is 3.38. The Hall–Kier alpha value is -1.81. The monoisotopic (exact) mass is 407 g/mol. The molecule has 28 heavy (non-hydrogen) atoms. The van der Waals surface area contributed by atoms with Crippen molar-refractivity contribution in [3.63, 3.8) is 0 Å². The SMILES string of the molecule is C#CCN(C[C@H]1CCCO1)C(=O)NC[C@@H](c1c(F)cccc1Cl)N1CCCC1. The summed E-state index contributed by atoms with van der Waals surface area (Å²) in [6, 6.07) is 4.12. The van der Waals surface area contributed by atoms with Crippen LogP contribution in [0, 0.1) is 18.2 Å². The van der Waals surface area contributed by atoms with Gasteiger partial charge in [-0.05, 0) is 50.9 Å². The molecule has 1 aromatic carbocycles. The first-order chi connectivity index (χ1) is 13.6. The smallest absolute Gasteiger partial charge is 0.318 e. The third-order valence-corrected chi connectivity index (χ3v) is 5.71. The first-order valence-electron chi connectivity index (χ1n) is 9.86. The van der Waals surface area contributed by atoms with Crippen molar-refractivity contribution in [2.24, 2.45) is 0 Å². The highest BCUT2D eigenvalue weighted by Crippen LogP contribution is 2.32. The van der Waals surface area contributed by atoms with Gasteiger partial charge in [0, 0.05) is 30.3 Å². The molecule has 0 saturated carbocycles. The van der Waals surface area contributed by atoms with E-state index in [0.717, 1.165) is 45.4 Å². The van der Waals surface area contributed by atoms with Crippen molar-refractivity contribution in [2.75, 3.05) is 39.3 Å². The number of carbonyl (C=O) groups excluding carboxylic acids is 1. The molecule has 2 amide bonds. The number of benzene rings is 1. The van der Waals surface area contributed by atoms with Gasteiger partial charge in [-0.2, -0.15) is 0 Å². The highest BCUT2D eigenvalue weighted by Gasteiger charge is 2.29. The summed E-state index contributed by atoms with van der Waals surface area (Å²) in [7, 11) is 0. The highest BCUT2D eigenvalue weighted by atomic mass is 35.5. The Balaban J connectivity index is 1.69. The molecule has 0 spiro atoms. The number of ether oxygens (including phenoxy) is 1. The second-order valence-electron chi connectivity index (χ2n) is 7.30. The minimum atomic E-state index is -0.349. The Bertz CT molecular complexity index is 692. The van der Waals surface area contributed by atoms with Crippen LogP contribution in [0.15, 0.2) is 18.2 Å². The maximum Gasteiger partial charge on any atom is 0.318 e. The zero-order valence-corrected chi connectivity index (χ0v) is 16.8. The summed E-state index contributed by atoms with van der Waals surface area (Å²) in [6.07, 6.45) is 9.50. The maximum absolute atomic E-state index is 14.6. The summed E-state index contributed by atoms with van der Waals surface area (Å²) in [5, 5.41) is 3.32. The lowest BCUT2D eigenvalue weighted by Crippen LogP contribution is -2.46. The maximum atomic E-state index is 14.6. The lowest BCUT2D eigenvalue weighted by atomic mass is 10.0. The summed E-state index contributed by atoms with van der Waals surface area (Å²) < 4.78 is 20.2. The second kappa shape index (κ2) is 10.1. The van der Waals surface area contributed by atoms with Crippen LogP contribution in [-0.4, -0.2) is 61.3 Å². The largest absolute Gasteiger partial charge is 0.376 e. The Labute approximate surface area is 171 Å². The summed E-state index contributed by atoms with van der Waals surface area (Å²) in [4.78, 5) is 16.5. The minimum absolute atomic E-state index is 0.0227. The van der Waals surface area contributed by atoms with E-state index in [2.05, 4.69) is 16.1 Å². The van der Waals surface area contributed by atoms with Gasteiger partial charge in [0.2, 0.25) is 0 Å². The first kappa shape index (κ1) is 20.9. The van der Waals surface area contributed by atoms with Crippen LogP contribution in [0.1, 0.15) is 37.3 Å². The first-order valence-corrected chi connectivity index (χ1v) is 10.2. The normalized spacial score (nSPS) is 20.7. The summed E-state index contributed by atoms with van der Waals surface area (Å²) in [5.41, 5.74) is 0.439. The van der Waals surface area contributed by atoms with E-state index in [0.29, 0.717) is 17.1 Å². The van der Waals surface area contributed by atoms with Gasteiger partial charge in [0.05, 0.1) is 18.7 Å². The topological polar surface area (TPSA) is 44.8 Å². The van der Waals surface area contributed by atoms with Crippen LogP contribution in [-0.2, 0) is 4.74 Å². The fourth-order valence-corrected chi connectivity index (χ4v) is 4.24. The number of terminal acetylenes is 1. The number of hydrogen-bond acceptors (Lipinski definition) is 3. The Morgan fingerprint density at radius 3 is 2.86 bits per heavy atom. The van der Waals surface area contributed by atoms with Crippen LogP contribution in [0.5, 0.6) is 0 Å². The van der Waals surface area contributed by atoms with Crippen LogP contribution in [0.3, 0.4) is 0 Å². The van der Waals surface area contributed by atoms with Crippen LogP contribution < -0.4 is 5.32 Å². The van der Waals surface area contributed by atoms with Crippen molar-refractivity contribution in [3.05, 3.63) is 34.6 Å². The summed E-state index contributed by atoms with van der Waals surface area (Å²) >= 11 is 6.31. The molecule has 2 saturated heterocycles. The van der Waals surface area contributed by atoms with Gasteiger partial charge in [0.15, 0.2) is 0 Å². The van der Waals surface area contributed by atoms with E-state index in [4.69, 9.17) is 22.8 Å². The van der Waals surface area contributed by atoms with Crippen LogP contribution in [0.2, 0.25) is 5.02 Å². The van der Waals surface area contributed by atoms with Crippen molar-refractivity contribution in [3.8, 4) is 12.3 Å². The number of nitrogens with zero attached hydrogens (tertiary/aromatic N) is 2. The third kappa shape index (κ3) is 5.16. The highest BCUT2D eigenvalue weighted by molar-refractivity contribution is 6.31. The molecule has 152 valence electrons. The molecular formula is C21H27ClFN3O2. The average Bonchev–Trinajstić information content (AvgIpc) is 3.37. The Kier molecular flexibility index (Phi) is 7.55. The molecule has 2 fully saturated rings. The van der Waals surface area contributed by atoms with Gasteiger partial charge in [0.1, 0.15) is 5.82 Å².